The van der Waals surface area contributed by atoms with Crippen LogP contribution in [0.2, 0.25) is 0 Å². The van der Waals surface area contributed by atoms with Crippen LogP contribution in [-0.4, -0.2) is 32.3 Å². The number of ether oxygens (including phenoxy) is 1. The highest BCUT2D eigenvalue weighted by atomic mass is 19.1. The van der Waals surface area contributed by atoms with Gasteiger partial charge in [0.2, 0.25) is 5.75 Å². The Labute approximate surface area is 154 Å². The number of carbonyl (C=O) groups excluding carboxylic acids is 1. The minimum atomic E-state index is -0.882. The average molecular weight is 377 g/mol. The zero-order chi connectivity index (χ0) is 19.8. The lowest BCUT2D eigenvalue weighted by atomic mass is 10.1. The van der Waals surface area contributed by atoms with E-state index >= 15 is 0 Å². The number of aromatic nitrogens is 2. The van der Waals surface area contributed by atoms with Crippen molar-refractivity contribution >= 4 is 5.91 Å². The van der Waals surface area contributed by atoms with E-state index in [4.69, 9.17) is 9.84 Å². The van der Waals surface area contributed by atoms with Gasteiger partial charge in [-0.15, -0.1) is 0 Å². The van der Waals surface area contributed by atoms with Gasteiger partial charge in [-0.05, 0) is 31.5 Å². The van der Waals surface area contributed by atoms with Crippen LogP contribution in [-0.2, 0) is 30.0 Å². The lowest BCUT2D eigenvalue weighted by Crippen LogP contribution is -2.42. The maximum absolute atomic E-state index is 13.4. The SMILES string of the molecule is CC1(C)OCCn2c1nc(C(=O)NCc1ccc(F)c(CO)c1)c(O)c2=O. The molecule has 1 aliphatic rings. The van der Waals surface area contributed by atoms with Gasteiger partial charge >= 0.3 is 0 Å². The number of carbonyl (C=O) groups is 1. The highest BCUT2D eigenvalue weighted by Crippen LogP contribution is 2.27. The van der Waals surface area contributed by atoms with Crippen LogP contribution in [0.3, 0.4) is 0 Å². The largest absolute Gasteiger partial charge is 0.501 e. The van der Waals surface area contributed by atoms with E-state index in [1.54, 1.807) is 13.8 Å². The molecule has 0 saturated carbocycles. The van der Waals surface area contributed by atoms with Crippen LogP contribution in [0.25, 0.3) is 0 Å². The Morgan fingerprint density at radius 3 is 2.89 bits per heavy atom. The van der Waals surface area contributed by atoms with E-state index in [1.165, 1.54) is 22.8 Å². The Balaban J connectivity index is 1.87. The number of aliphatic hydroxyl groups is 1. The zero-order valence-corrected chi connectivity index (χ0v) is 15.0. The summed E-state index contributed by atoms with van der Waals surface area (Å²) < 4.78 is 20.3. The van der Waals surface area contributed by atoms with E-state index in [1.807, 2.05) is 0 Å². The minimum Gasteiger partial charge on any atom is -0.501 e. The van der Waals surface area contributed by atoms with Crippen LogP contribution < -0.4 is 10.9 Å². The zero-order valence-electron chi connectivity index (χ0n) is 15.0. The van der Waals surface area contributed by atoms with Gasteiger partial charge in [0.15, 0.2) is 5.69 Å². The predicted molar refractivity (Wildman–Crippen MR) is 92.6 cm³/mol. The third-order valence-corrected chi connectivity index (χ3v) is 4.41. The molecule has 1 aliphatic heterocycles. The number of aromatic hydroxyl groups is 1. The first kappa shape index (κ1) is 19.0. The van der Waals surface area contributed by atoms with Gasteiger partial charge in [-0.25, -0.2) is 9.37 Å². The van der Waals surface area contributed by atoms with Gasteiger partial charge in [0.25, 0.3) is 11.5 Å². The predicted octanol–water partition coefficient (Wildman–Crippen LogP) is 0.776. The molecule has 0 radical (unpaired) electrons. The van der Waals surface area contributed by atoms with Crippen molar-refractivity contribution < 1.29 is 24.1 Å². The normalized spacial score (nSPS) is 15.3. The number of nitrogens with zero attached hydrogens (tertiary/aromatic N) is 2. The van der Waals surface area contributed by atoms with Crippen LogP contribution in [0.4, 0.5) is 4.39 Å². The molecule has 0 bridgehead atoms. The highest BCUT2D eigenvalue weighted by Gasteiger charge is 2.34. The van der Waals surface area contributed by atoms with Gasteiger partial charge in [-0.2, -0.15) is 0 Å². The van der Waals surface area contributed by atoms with Crippen LogP contribution in [0.1, 0.15) is 41.3 Å². The molecule has 1 aromatic heterocycles. The summed E-state index contributed by atoms with van der Waals surface area (Å²) in [5, 5.41) is 21.8. The lowest BCUT2D eigenvalue weighted by molar-refractivity contribution is -0.0566. The van der Waals surface area contributed by atoms with Crippen molar-refractivity contribution in [1.29, 1.82) is 0 Å². The number of rotatable bonds is 4. The quantitative estimate of drug-likeness (QED) is 0.726. The molecule has 3 N–H and O–H groups in total. The number of hydrogen-bond donors (Lipinski definition) is 3. The third-order valence-electron chi connectivity index (χ3n) is 4.41. The van der Waals surface area contributed by atoms with Crippen LogP contribution in [0.15, 0.2) is 23.0 Å². The molecule has 0 atom stereocenters. The number of benzene rings is 1. The molecule has 0 unspecified atom stereocenters. The maximum atomic E-state index is 13.4. The van der Waals surface area contributed by atoms with Gasteiger partial charge in [0, 0.05) is 12.1 Å². The van der Waals surface area contributed by atoms with E-state index in [-0.39, 0.29) is 24.5 Å². The number of amides is 1. The smallest absolute Gasteiger partial charge is 0.296 e. The monoisotopic (exact) mass is 377 g/mol. The molecule has 3 rings (SSSR count). The Morgan fingerprint density at radius 2 is 2.19 bits per heavy atom. The second-order valence-corrected chi connectivity index (χ2v) is 6.71. The summed E-state index contributed by atoms with van der Waals surface area (Å²) in [7, 11) is 0. The minimum absolute atomic E-state index is 0.00550. The van der Waals surface area contributed by atoms with Crippen molar-refractivity contribution in [1.82, 2.24) is 14.9 Å². The number of fused-ring (bicyclic) bond motifs is 1. The van der Waals surface area contributed by atoms with Crippen LogP contribution >= 0.6 is 0 Å². The summed E-state index contributed by atoms with van der Waals surface area (Å²) in [5.74, 6) is -1.77. The lowest BCUT2D eigenvalue weighted by Gasteiger charge is -2.32. The molecule has 1 aromatic carbocycles. The first-order valence-electron chi connectivity index (χ1n) is 8.39. The molecular formula is C18H20FN3O5. The van der Waals surface area contributed by atoms with Gasteiger partial charge in [0.1, 0.15) is 17.2 Å². The number of nitrogens with one attached hydrogen (secondary N) is 1. The standard InChI is InChI=1S/C18H20FN3O5/c1-18(2)17-21-13(14(24)16(26)22(17)5-6-27-18)15(25)20-8-10-3-4-12(19)11(7-10)9-23/h3-4,7,23-24H,5-6,8-9H2,1-2H3,(H,20,25). The maximum Gasteiger partial charge on any atom is 0.296 e. The molecule has 8 nitrogen and oxygen atoms in total. The van der Waals surface area contributed by atoms with Crippen molar-refractivity contribution in [2.75, 3.05) is 6.61 Å². The molecule has 1 amide bonds. The van der Waals surface area contributed by atoms with Crippen molar-refractivity contribution in [3.63, 3.8) is 0 Å². The first-order valence-corrected chi connectivity index (χ1v) is 8.39. The molecule has 0 aliphatic carbocycles. The van der Waals surface area contributed by atoms with Gasteiger partial charge < -0.3 is 20.3 Å². The summed E-state index contributed by atoms with van der Waals surface area (Å²) in [6, 6.07) is 4.07. The second-order valence-electron chi connectivity index (χ2n) is 6.71. The Kier molecular flexibility index (Phi) is 4.99. The van der Waals surface area contributed by atoms with Crippen molar-refractivity contribution in [3.8, 4) is 5.75 Å². The molecule has 0 fully saturated rings. The van der Waals surface area contributed by atoms with Crippen LogP contribution in [0.5, 0.6) is 5.75 Å². The molecule has 2 heterocycles. The van der Waals surface area contributed by atoms with Crippen molar-refractivity contribution in [2.45, 2.75) is 39.1 Å². The topological polar surface area (TPSA) is 114 Å². The number of halogens is 1. The Morgan fingerprint density at radius 1 is 1.44 bits per heavy atom. The fraction of sp³-hybridized carbons (Fsp3) is 0.389. The molecule has 9 heteroatoms. The van der Waals surface area contributed by atoms with E-state index < -0.39 is 40.9 Å². The number of hydrogen-bond acceptors (Lipinski definition) is 6. The van der Waals surface area contributed by atoms with E-state index in [2.05, 4.69) is 10.3 Å². The molecule has 144 valence electrons. The Bertz CT molecular complexity index is 955. The fourth-order valence-electron chi connectivity index (χ4n) is 2.95. The molecule has 27 heavy (non-hydrogen) atoms. The van der Waals surface area contributed by atoms with Gasteiger partial charge in [-0.3, -0.25) is 14.2 Å². The molecule has 2 aromatic rings. The van der Waals surface area contributed by atoms with E-state index in [0.29, 0.717) is 12.2 Å². The summed E-state index contributed by atoms with van der Waals surface area (Å²) in [5.41, 5.74) is -1.33. The summed E-state index contributed by atoms with van der Waals surface area (Å²) in [6.45, 7) is 3.51. The first-order chi connectivity index (χ1) is 12.7. The molecule has 0 saturated heterocycles. The Hall–Kier alpha value is -2.78. The fourth-order valence-corrected chi connectivity index (χ4v) is 2.95. The van der Waals surface area contributed by atoms with Crippen molar-refractivity contribution in [2.24, 2.45) is 0 Å². The average Bonchev–Trinajstić information content (AvgIpc) is 2.63. The van der Waals surface area contributed by atoms with E-state index in [0.717, 1.165) is 0 Å². The van der Waals surface area contributed by atoms with Crippen LogP contribution in [0, 0.1) is 5.82 Å². The highest BCUT2D eigenvalue weighted by molar-refractivity contribution is 5.94. The summed E-state index contributed by atoms with van der Waals surface area (Å²) in [4.78, 5) is 29.0. The molecule has 0 spiro atoms. The molecular weight excluding hydrogens is 357 g/mol. The number of aliphatic hydroxyl groups excluding tert-OH is 1. The van der Waals surface area contributed by atoms with Gasteiger partial charge in [0.05, 0.1) is 19.8 Å². The van der Waals surface area contributed by atoms with Crippen molar-refractivity contribution in [3.05, 3.63) is 57.0 Å². The second kappa shape index (κ2) is 7.09. The summed E-state index contributed by atoms with van der Waals surface area (Å²) in [6.07, 6.45) is 0. The summed E-state index contributed by atoms with van der Waals surface area (Å²) >= 11 is 0. The van der Waals surface area contributed by atoms with Gasteiger partial charge in [-0.1, -0.05) is 6.07 Å². The van der Waals surface area contributed by atoms with E-state index in [9.17, 15) is 19.1 Å². The third kappa shape index (κ3) is 3.56.